The summed E-state index contributed by atoms with van der Waals surface area (Å²) in [6.07, 6.45) is 5.49. The molecule has 1 atom stereocenters. The van der Waals surface area contributed by atoms with E-state index in [2.05, 4.69) is 24.5 Å². The summed E-state index contributed by atoms with van der Waals surface area (Å²) in [5.41, 5.74) is 6.27. The maximum atomic E-state index is 13.1. The van der Waals surface area contributed by atoms with E-state index in [1.807, 2.05) is 13.8 Å². The monoisotopic (exact) mass is 506 g/mol. The number of benzene rings is 1. The number of hydrogen-bond acceptors (Lipinski definition) is 6. The molecule has 4 N–H and O–H groups in total. The molecular formula is C27H46N4O5. The number of carbonyl (C=O) groups is 5. The third-order valence-corrected chi connectivity index (χ3v) is 5.32. The van der Waals surface area contributed by atoms with Crippen LogP contribution in [0.1, 0.15) is 99.4 Å². The van der Waals surface area contributed by atoms with Crippen molar-refractivity contribution in [3.8, 4) is 0 Å². The molecule has 9 heteroatoms. The third kappa shape index (κ3) is 14.4. The number of nitrogens with zero attached hydrogens (tertiary/aromatic N) is 1. The number of amides is 4. The van der Waals surface area contributed by atoms with Crippen molar-refractivity contribution in [1.82, 2.24) is 15.5 Å². The lowest BCUT2D eigenvalue weighted by atomic mass is 9.97. The molecule has 204 valence electrons. The van der Waals surface area contributed by atoms with Crippen molar-refractivity contribution in [2.24, 2.45) is 5.73 Å². The normalized spacial score (nSPS) is 10.4. The number of aldehydes is 1. The van der Waals surface area contributed by atoms with Crippen molar-refractivity contribution < 1.29 is 24.0 Å². The molecule has 0 fully saturated rings. The molecule has 0 heterocycles. The predicted molar refractivity (Wildman–Crippen MR) is 144 cm³/mol. The number of nitrogens with two attached hydrogens (primary N) is 1. The van der Waals surface area contributed by atoms with E-state index in [1.165, 1.54) is 23.8 Å². The van der Waals surface area contributed by atoms with Crippen LogP contribution in [-0.4, -0.2) is 61.5 Å². The van der Waals surface area contributed by atoms with E-state index in [4.69, 9.17) is 5.73 Å². The summed E-state index contributed by atoms with van der Waals surface area (Å²) in [4.78, 5) is 60.1. The zero-order valence-electron chi connectivity index (χ0n) is 22.9. The van der Waals surface area contributed by atoms with Crippen molar-refractivity contribution in [3.05, 3.63) is 34.9 Å². The summed E-state index contributed by atoms with van der Waals surface area (Å²) in [6, 6.07) is 4.48. The van der Waals surface area contributed by atoms with E-state index in [-0.39, 0.29) is 35.9 Å². The van der Waals surface area contributed by atoms with E-state index in [9.17, 15) is 24.0 Å². The first-order valence-electron chi connectivity index (χ1n) is 12.8. The zero-order chi connectivity index (χ0) is 27.9. The second-order valence-electron chi connectivity index (χ2n) is 8.01. The van der Waals surface area contributed by atoms with Gasteiger partial charge in [0.1, 0.15) is 0 Å². The van der Waals surface area contributed by atoms with Gasteiger partial charge in [-0.15, -0.1) is 0 Å². The quantitative estimate of drug-likeness (QED) is 0.261. The fraction of sp³-hybridized carbons (Fsp3) is 0.593. The maximum Gasteiger partial charge on any atom is 0.254 e. The van der Waals surface area contributed by atoms with Gasteiger partial charge in [-0.2, -0.15) is 0 Å². The molecule has 0 radical (unpaired) electrons. The third-order valence-electron chi connectivity index (χ3n) is 5.32. The Bertz CT molecular complexity index is 796. The van der Waals surface area contributed by atoms with Gasteiger partial charge in [-0.25, -0.2) is 0 Å². The summed E-state index contributed by atoms with van der Waals surface area (Å²) in [7, 11) is 1.57. The van der Waals surface area contributed by atoms with Crippen LogP contribution in [0.4, 0.5) is 0 Å². The van der Waals surface area contributed by atoms with Crippen molar-refractivity contribution in [3.63, 3.8) is 0 Å². The van der Waals surface area contributed by atoms with Gasteiger partial charge in [0, 0.05) is 31.6 Å². The number of imide groups is 1. The first-order valence-corrected chi connectivity index (χ1v) is 12.8. The van der Waals surface area contributed by atoms with Crippen LogP contribution in [-0.2, 0) is 20.8 Å². The molecule has 0 aliphatic carbocycles. The Balaban J connectivity index is 0. The molecule has 1 aromatic rings. The van der Waals surface area contributed by atoms with Gasteiger partial charge in [0.25, 0.3) is 5.91 Å². The van der Waals surface area contributed by atoms with Crippen molar-refractivity contribution in [2.75, 3.05) is 20.1 Å². The lowest BCUT2D eigenvalue weighted by Crippen LogP contribution is -2.37. The Morgan fingerprint density at radius 2 is 1.69 bits per heavy atom. The fourth-order valence-corrected chi connectivity index (χ4v) is 2.91. The number of unbranched alkanes of at least 4 members (excludes halogenated alkanes) is 2. The van der Waals surface area contributed by atoms with Gasteiger partial charge in [0.05, 0.1) is 12.0 Å². The highest BCUT2D eigenvalue weighted by Gasteiger charge is 2.24. The van der Waals surface area contributed by atoms with Crippen LogP contribution in [0.25, 0.3) is 0 Å². The maximum absolute atomic E-state index is 13.1. The number of rotatable bonds is 14. The van der Waals surface area contributed by atoms with Crippen LogP contribution >= 0.6 is 0 Å². The lowest BCUT2D eigenvalue weighted by Gasteiger charge is -2.26. The highest BCUT2D eigenvalue weighted by atomic mass is 16.2. The molecule has 4 amide bonds. The van der Waals surface area contributed by atoms with Crippen molar-refractivity contribution in [2.45, 2.75) is 85.6 Å². The molecule has 0 saturated carbocycles. The largest absolute Gasteiger partial charge is 0.356 e. The second-order valence-corrected chi connectivity index (χ2v) is 8.01. The van der Waals surface area contributed by atoms with Crippen LogP contribution in [0.15, 0.2) is 18.2 Å². The van der Waals surface area contributed by atoms with Crippen LogP contribution in [0.2, 0.25) is 0 Å². The molecule has 1 unspecified atom stereocenters. The highest BCUT2D eigenvalue weighted by Crippen LogP contribution is 2.19. The Hall–Kier alpha value is -3.07. The van der Waals surface area contributed by atoms with Crippen LogP contribution in [0, 0.1) is 0 Å². The summed E-state index contributed by atoms with van der Waals surface area (Å²) in [5, 5.41) is 4.84. The summed E-state index contributed by atoms with van der Waals surface area (Å²) < 4.78 is 0. The number of carbonyl (C=O) groups excluding carboxylic acids is 5. The smallest absolute Gasteiger partial charge is 0.254 e. The molecule has 36 heavy (non-hydrogen) atoms. The summed E-state index contributed by atoms with van der Waals surface area (Å²) >= 11 is 0. The molecule has 0 bridgehead atoms. The molecule has 9 nitrogen and oxygen atoms in total. The average Bonchev–Trinajstić information content (AvgIpc) is 2.90. The minimum atomic E-state index is -0.432. The number of hydrogen-bond donors (Lipinski definition) is 3. The molecule has 1 rings (SSSR count). The summed E-state index contributed by atoms with van der Waals surface area (Å²) in [6.45, 7) is 11.2. The Morgan fingerprint density at radius 3 is 2.22 bits per heavy atom. The first kappa shape index (κ1) is 35.1. The van der Waals surface area contributed by atoms with Gasteiger partial charge < -0.3 is 16.0 Å². The van der Waals surface area contributed by atoms with Crippen molar-refractivity contribution in [1.29, 1.82) is 0 Å². The van der Waals surface area contributed by atoms with Crippen LogP contribution < -0.4 is 16.4 Å². The van der Waals surface area contributed by atoms with Gasteiger partial charge >= 0.3 is 0 Å². The molecule has 0 aliphatic heterocycles. The first-order chi connectivity index (χ1) is 17.3. The fourth-order valence-electron chi connectivity index (χ4n) is 2.91. The second kappa shape index (κ2) is 22.4. The van der Waals surface area contributed by atoms with Crippen LogP contribution in [0.5, 0.6) is 0 Å². The predicted octanol–water partition coefficient (Wildman–Crippen LogP) is 3.24. The van der Waals surface area contributed by atoms with E-state index >= 15 is 0 Å². The van der Waals surface area contributed by atoms with Gasteiger partial charge in [0.2, 0.25) is 18.2 Å². The Labute approximate surface area is 216 Å². The number of nitrogens with one attached hydrogen (secondary N) is 2. The topological polar surface area (TPSA) is 139 Å². The van der Waals surface area contributed by atoms with Gasteiger partial charge in [-0.3, -0.25) is 29.3 Å². The molecule has 0 aliphatic rings. The van der Waals surface area contributed by atoms with Crippen molar-refractivity contribution >= 4 is 30.4 Å². The van der Waals surface area contributed by atoms with E-state index in [1.54, 1.807) is 26.1 Å². The summed E-state index contributed by atoms with van der Waals surface area (Å²) in [5.74, 6) is -1.09. The van der Waals surface area contributed by atoms with E-state index in [0.29, 0.717) is 37.8 Å². The lowest BCUT2D eigenvalue weighted by molar-refractivity contribution is -0.125. The SMILES string of the molecule is CC.CC(CCC(=O)NC=O)N(C)C(=O)c1c(C=O)cccc1CC(=O)NCCCCN.CCCC. The average molecular weight is 507 g/mol. The van der Waals surface area contributed by atoms with Gasteiger partial charge in [-0.05, 0) is 38.3 Å². The molecule has 1 aromatic carbocycles. The minimum Gasteiger partial charge on any atom is -0.356 e. The zero-order valence-corrected chi connectivity index (χ0v) is 22.9. The molecule has 0 spiro atoms. The van der Waals surface area contributed by atoms with Gasteiger partial charge in [0.15, 0.2) is 6.29 Å². The molecular weight excluding hydrogens is 460 g/mol. The van der Waals surface area contributed by atoms with E-state index < -0.39 is 11.8 Å². The van der Waals surface area contributed by atoms with Crippen LogP contribution in [0.3, 0.4) is 0 Å². The molecule has 0 aromatic heterocycles. The molecule has 0 saturated heterocycles. The Morgan fingerprint density at radius 1 is 1.06 bits per heavy atom. The minimum absolute atomic E-state index is 0.0324. The Kier molecular flexibility index (Phi) is 21.8. The standard InChI is InChI=1S/C21H30N4O5.C4H10.C2H6/c1-15(8-9-18(28)24-14-27)25(2)21(30)20-16(6-5-7-17(20)13-26)12-19(29)23-11-4-3-10-22;1-3-4-2;1-2/h5-7,13-15H,3-4,8-12,22H2,1-2H3,(H,23,29)(H,24,27,28);3-4H2,1-2H3;1-2H3. The highest BCUT2D eigenvalue weighted by molar-refractivity contribution is 6.03. The van der Waals surface area contributed by atoms with Gasteiger partial charge in [-0.1, -0.05) is 58.7 Å². The van der Waals surface area contributed by atoms with E-state index in [0.717, 1.165) is 12.8 Å².